The average Bonchev–Trinajstić information content (AvgIpc) is 3.06. The minimum absolute atomic E-state index is 0.0326. The van der Waals surface area contributed by atoms with Crippen molar-refractivity contribution < 1.29 is 23.1 Å². The maximum atomic E-state index is 14.8. The predicted molar refractivity (Wildman–Crippen MR) is 103 cm³/mol. The molecule has 2 atom stereocenters. The van der Waals surface area contributed by atoms with Gasteiger partial charge >= 0.3 is 6.09 Å². The number of rotatable bonds is 4. The van der Waals surface area contributed by atoms with E-state index >= 15 is 0 Å². The Morgan fingerprint density at radius 3 is 2.76 bits per heavy atom. The Kier molecular flexibility index (Phi) is 6.01. The zero-order chi connectivity index (χ0) is 21.1. The number of benzene rings is 1. The molecule has 29 heavy (non-hydrogen) atoms. The highest BCUT2D eigenvalue weighted by atomic mass is 19.1. The molecular weight excluding hydrogens is 382 g/mol. The van der Waals surface area contributed by atoms with Crippen LogP contribution < -0.4 is 15.1 Å². The number of halogens is 2. The Hall–Kier alpha value is -3.15. The minimum Gasteiger partial charge on any atom is -0.442 e. The molecule has 2 aliphatic heterocycles. The molecule has 0 saturated carbocycles. The monoisotopic (exact) mass is 404 g/mol. The van der Waals surface area contributed by atoms with Crippen LogP contribution in [0.5, 0.6) is 0 Å². The molecule has 2 saturated heterocycles. The summed E-state index contributed by atoms with van der Waals surface area (Å²) in [6.07, 6.45) is -2.11. The van der Waals surface area contributed by atoms with Crippen LogP contribution in [0, 0.1) is 17.1 Å². The van der Waals surface area contributed by atoms with Gasteiger partial charge in [0.25, 0.3) is 0 Å². The van der Waals surface area contributed by atoms with E-state index in [9.17, 15) is 18.4 Å². The van der Waals surface area contributed by atoms with E-state index in [1.807, 2.05) is 6.07 Å². The molecule has 0 bridgehead atoms. The molecule has 1 aromatic carbocycles. The van der Waals surface area contributed by atoms with E-state index in [1.54, 1.807) is 17.9 Å². The van der Waals surface area contributed by atoms with Crippen LogP contribution in [0.15, 0.2) is 29.3 Å². The first-order valence-corrected chi connectivity index (χ1v) is 9.31. The number of amides is 2. The number of piperidine rings is 1. The number of allylic oxidation sites excluding steroid dienone is 1. The zero-order valence-corrected chi connectivity index (χ0v) is 16.2. The van der Waals surface area contributed by atoms with Gasteiger partial charge in [-0.15, -0.1) is 0 Å². The Balaban J connectivity index is 1.71. The Labute approximate surface area is 167 Å². The first-order chi connectivity index (χ1) is 13.8. The van der Waals surface area contributed by atoms with E-state index in [4.69, 9.17) is 10.00 Å². The quantitative estimate of drug-likeness (QED) is 0.780. The smallest absolute Gasteiger partial charge is 0.414 e. The number of ether oxygens (including phenoxy) is 1. The van der Waals surface area contributed by atoms with Crippen LogP contribution in [0.25, 0.3) is 0 Å². The summed E-state index contributed by atoms with van der Waals surface area (Å²) in [4.78, 5) is 26.0. The van der Waals surface area contributed by atoms with Crippen LogP contribution in [-0.4, -0.2) is 50.5 Å². The average molecular weight is 404 g/mol. The summed E-state index contributed by atoms with van der Waals surface area (Å²) < 4.78 is 34.4. The maximum Gasteiger partial charge on any atom is 0.414 e. The molecule has 0 aromatic heterocycles. The molecule has 3 rings (SSSR count). The highest BCUT2D eigenvalue weighted by molar-refractivity contribution is 5.90. The van der Waals surface area contributed by atoms with Crippen molar-refractivity contribution in [2.24, 2.45) is 0 Å². The third-order valence-electron chi connectivity index (χ3n) is 5.10. The van der Waals surface area contributed by atoms with Gasteiger partial charge in [-0.3, -0.25) is 9.69 Å². The number of hydrogen-bond donors (Lipinski definition) is 1. The van der Waals surface area contributed by atoms with Crippen LogP contribution in [0.3, 0.4) is 0 Å². The highest BCUT2D eigenvalue weighted by Crippen LogP contribution is 2.31. The molecule has 2 amide bonds. The predicted octanol–water partition coefficient (Wildman–Crippen LogP) is 2.68. The lowest BCUT2D eigenvalue weighted by molar-refractivity contribution is -0.119. The second-order valence-corrected chi connectivity index (χ2v) is 7.11. The van der Waals surface area contributed by atoms with Crippen molar-refractivity contribution in [2.75, 3.05) is 36.0 Å². The van der Waals surface area contributed by atoms with Gasteiger partial charge in [-0.05, 0) is 37.1 Å². The van der Waals surface area contributed by atoms with Crippen molar-refractivity contribution in [3.63, 3.8) is 0 Å². The van der Waals surface area contributed by atoms with E-state index in [2.05, 4.69) is 5.32 Å². The molecule has 0 radical (unpaired) electrons. The molecule has 0 spiro atoms. The van der Waals surface area contributed by atoms with Gasteiger partial charge in [0, 0.05) is 19.0 Å². The fraction of sp³-hybridized carbons (Fsp3) is 0.450. The highest BCUT2D eigenvalue weighted by Gasteiger charge is 2.33. The number of hydrogen-bond acceptors (Lipinski definition) is 5. The van der Waals surface area contributed by atoms with E-state index < -0.39 is 24.2 Å². The van der Waals surface area contributed by atoms with Crippen LogP contribution in [0.1, 0.15) is 20.3 Å². The molecular formula is C20H22F2N4O3. The van der Waals surface area contributed by atoms with Gasteiger partial charge < -0.3 is 15.0 Å². The zero-order valence-electron chi connectivity index (χ0n) is 16.2. The fourth-order valence-electron chi connectivity index (χ4n) is 3.54. The Bertz CT molecular complexity index is 896. The largest absolute Gasteiger partial charge is 0.442 e. The third-order valence-corrected chi connectivity index (χ3v) is 5.10. The van der Waals surface area contributed by atoms with E-state index in [1.165, 1.54) is 24.0 Å². The molecule has 2 heterocycles. The number of cyclic esters (lactones) is 1. The maximum absolute atomic E-state index is 14.8. The number of alkyl halides is 1. The lowest BCUT2D eigenvalue weighted by Crippen LogP contribution is -2.39. The lowest BCUT2D eigenvalue weighted by Gasteiger charge is -2.33. The van der Waals surface area contributed by atoms with Crippen LogP contribution >= 0.6 is 0 Å². The molecule has 2 unspecified atom stereocenters. The summed E-state index contributed by atoms with van der Waals surface area (Å²) in [5, 5.41) is 11.5. The number of carbonyl (C=O) groups excluding carboxylic acids is 2. The Morgan fingerprint density at radius 2 is 2.14 bits per heavy atom. The van der Waals surface area contributed by atoms with Crippen molar-refractivity contribution in [3.05, 3.63) is 35.2 Å². The number of nitrogens with zero attached hydrogens (tertiary/aromatic N) is 3. The van der Waals surface area contributed by atoms with Gasteiger partial charge in [-0.1, -0.05) is 0 Å². The standard InChI is InChI=1S/C20H22F2N4O3/c1-12(8-23)16-5-6-25(11-18(16)22)19-4-3-14(7-17(19)21)26-10-15(29-20(26)28)9-24-13(2)27/h3-4,7,15,18H,5-6,9-11H2,1-2H3,(H,24,27). The molecule has 0 aliphatic carbocycles. The van der Waals surface area contributed by atoms with Crippen LogP contribution in [0.4, 0.5) is 25.0 Å². The van der Waals surface area contributed by atoms with Gasteiger partial charge in [-0.25, -0.2) is 13.6 Å². The van der Waals surface area contributed by atoms with E-state index in [0.717, 1.165) is 0 Å². The molecule has 9 heteroatoms. The van der Waals surface area contributed by atoms with Gasteiger partial charge in [0.15, 0.2) is 0 Å². The van der Waals surface area contributed by atoms with Crippen molar-refractivity contribution in [3.8, 4) is 6.07 Å². The molecule has 154 valence electrons. The van der Waals surface area contributed by atoms with E-state index in [0.29, 0.717) is 29.8 Å². The number of carbonyl (C=O) groups is 2. The minimum atomic E-state index is -1.33. The van der Waals surface area contributed by atoms with Gasteiger partial charge in [0.2, 0.25) is 5.91 Å². The summed E-state index contributed by atoms with van der Waals surface area (Å²) >= 11 is 0. The topological polar surface area (TPSA) is 85.7 Å². The summed E-state index contributed by atoms with van der Waals surface area (Å²) in [5.74, 6) is -0.803. The summed E-state index contributed by atoms with van der Waals surface area (Å²) in [6.45, 7) is 3.69. The fourth-order valence-corrected chi connectivity index (χ4v) is 3.54. The van der Waals surface area contributed by atoms with Crippen molar-refractivity contribution >= 4 is 23.4 Å². The number of anilines is 2. The van der Waals surface area contributed by atoms with Gasteiger partial charge in [0.05, 0.1) is 37.1 Å². The number of nitrogens with one attached hydrogen (secondary N) is 1. The first-order valence-electron chi connectivity index (χ1n) is 9.31. The van der Waals surface area contributed by atoms with Crippen molar-refractivity contribution in [2.45, 2.75) is 32.5 Å². The number of nitriles is 1. The van der Waals surface area contributed by atoms with E-state index in [-0.39, 0.29) is 31.2 Å². The summed E-state index contributed by atoms with van der Waals surface area (Å²) in [6, 6.07) is 6.28. The van der Waals surface area contributed by atoms with Gasteiger partial charge in [0.1, 0.15) is 18.1 Å². The van der Waals surface area contributed by atoms with Crippen molar-refractivity contribution in [1.29, 1.82) is 5.26 Å². The summed E-state index contributed by atoms with van der Waals surface area (Å²) in [5.41, 5.74) is 1.41. The molecule has 1 aromatic rings. The summed E-state index contributed by atoms with van der Waals surface area (Å²) in [7, 11) is 0. The molecule has 2 aliphatic rings. The van der Waals surface area contributed by atoms with Crippen LogP contribution in [-0.2, 0) is 9.53 Å². The second kappa shape index (κ2) is 8.47. The second-order valence-electron chi connectivity index (χ2n) is 7.11. The first kappa shape index (κ1) is 20.6. The van der Waals surface area contributed by atoms with Crippen molar-refractivity contribution in [1.82, 2.24) is 5.32 Å². The molecule has 7 nitrogen and oxygen atoms in total. The van der Waals surface area contributed by atoms with Crippen LogP contribution in [0.2, 0.25) is 0 Å². The molecule has 1 N–H and O–H groups in total. The normalized spacial score (nSPS) is 23.5. The molecule has 2 fully saturated rings. The third kappa shape index (κ3) is 4.47. The lowest BCUT2D eigenvalue weighted by atomic mass is 9.97. The SMILES string of the molecule is CC(=O)NCC1CN(c2ccc(N3CCC(=C(C)C#N)C(F)C3)c(F)c2)C(=O)O1. The Morgan fingerprint density at radius 1 is 1.38 bits per heavy atom. The van der Waals surface area contributed by atoms with Gasteiger partial charge in [-0.2, -0.15) is 5.26 Å².